The van der Waals surface area contributed by atoms with E-state index in [1.165, 1.54) is 11.4 Å². The van der Waals surface area contributed by atoms with Gasteiger partial charge in [-0.05, 0) is 6.42 Å². The third kappa shape index (κ3) is 4.30. The summed E-state index contributed by atoms with van der Waals surface area (Å²) in [6.45, 7) is 3.23. The van der Waals surface area contributed by atoms with Crippen molar-refractivity contribution in [1.82, 2.24) is 5.32 Å². The first-order chi connectivity index (χ1) is 7.20. The number of carbonyl (C=O) groups is 2. The molecule has 0 saturated heterocycles. The summed E-state index contributed by atoms with van der Waals surface area (Å²) in [5, 5.41) is 10.0. The van der Waals surface area contributed by atoms with Gasteiger partial charge in [-0.3, -0.25) is 9.59 Å². The number of carboxylic acids is 1. The first-order valence-corrected chi connectivity index (χ1v) is 4.17. The van der Waals surface area contributed by atoms with E-state index in [-0.39, 0.29) is 6.42 Å². The molecule has 0 saturated carbocycles. The number of halogens is 3. The van der Waals surface area contributed by atoms with Crippen molar-refractivity contribution < 1.29 is 27.9 Å². The number of aliphatic carboxylic acids is 1. The number of carboxylic acid groups (broad SMARTS) is 1. The first kappa shape index (κ1) is 14.4. The molecule has 5 nitrogen and oxygen atoms in total. The Kier molecular flexibility index (Phi) is 4.96. The van der Waals surface area contributed by atoms with Gasteiger partial charge in [-0.15, -0.1) is 6.58 Å². The van der Waals surface area contributed by atoms with Crippen LogP contribution < -0.4 is 11.1 Å². The van der Waals surface area contributed by atoms with Crippen molar-refractivity contribution in [3.8, 4) is 0 Å². The molecule has 0 rings (SSSR count). The van der Waals surface area contributed by atoms with Crippen LogP contribution in [0, 0.1) is 0 Å². The van der Waals surface area contributed by atoms with Gasteiger partial charge in [-0.1, -0.05) is 6.08 Å². The summed E-state index contributed by atoms with van der Waals surface area (Å²) in [6.07, 6.45) is -4.07. The van der Waals surface area contributed by atoms with Gasteiger partial charge in [0, 0.05) is 0 Å². The van der Waals surface area contributed by atoms with E-state index in [4.69, 9.17) is 10.8 Å². The van der Waals surface area contributed by atoms with Gasteiger partial charge in [0.25, 0.3) is 0 Å². The summed E-state index contributed by atoms with van der Waals surface area (Å²) in [6, 6.07) is -2.96. The van der Waals surface area contributed by atoms with Gasteiger partial charge < -0.3 is 16.2 Å². The Morgan fingerprint density at radius 2 is 2.00 bits per heavy atom. The van der Waals surface area contributed by atoms with Gasteiger partial charge in [0.2, 0.25) is 0 Å². The van der Waals surface area contributed by atoms with E-state index in [1.807, 2.05) is 0 Å². The monoisotopic (exact) mass is 240 g/mol. The minimum atomic E-state index is -5.07. The number of hydrogen-bond donors (Lipinski definition) is 3. The van der Waals surface area contributed by atoms with E-state index in [9.17, 15) is 22.8 Å². The molecule has 0 spiro atoms. The summed E-state index contributed by atoms with van der Waals surface area (Å²) in [4.78, 5) is 21.0. The topological polar surface area (TPSA) is 92.4 Å². The molecule has 4 N–H and O–H groups in total. The van der Waals surface area contributed by atoms with E-state index < -0.39 is 30.1 Å². The molecule has 1 amide bonds. The molecule has 0 aliphatic heterocycles. The number of carbonyl (C=O) groups excluding carboxylic acids is 1. The third-order valence-electron chi connectivity index (χ3n) is 1.71. The first-order valence-electron chi connectivity index (χ1n) is 4.17. The van der Waals surface area contributed by atoms with E-state index in [2.05, 4.69) is 6.58 Å². The zero-order valence-corrected chi connectivity index (χ0v) is 8.12. The number of hydrogen-bond acceptors (Lipinski definition) is 3. The van der Waals surface area contributed by atoms with Gasteiger partial charge in [0.05, 0.1) is 6.04 Å². The number of alkyl halides is 3. The second-order valence-corrected chi connectivity index (χ2v) is 2.97. The summed E-state index contributed by atoms with van der Waals surface area (Å²) >= 11 is 0. The largest absolute Gasteiger partial charge is 0.480 e. The molecular weight excluding hydrogens is 229 g/mol. The Bertz CT molecular complexity index is 291. The van der Waals surface area contributed by atoms with E-state index in [1.54, 1.807) is 0 Å². The Morgan fingerprint density at radius 1 is 1.50 bits per heavy atom. The van der Waals surface area contributed by atoms with Crippen LogP contribution in [0.4, 0.5) is 13.2 Å². The van der Waals surface area contributed by atoms with E-state index >= 15 is 0 Å². The molecule has 0 fully saturated rings. The van der Waals surface area contributed by atoms with Crippen LogP contribution in [0.25, 0.3) is 0 Å². The Morgan fingerprint density at radius 3 is 2.31 bits per heavy atom. The maximum atomic E-state index is 11.9. The maximum absolute atomic E-state index is 11.9. The predicted octanol–water partition coefficient (Wildman–Crippen LogP) is 0.0215. The zero-order valence-electron chi connectivity index (χ0n) is 8.12. The minimum Gasteiger partial charge on any atom is -0.480 e. The average molecular weight is 240 g/mol. The second-order valence-electron chi connectivity index (χ2n) is 2.97. The minimum absolute atomic E-state index is 0.171. The maximum Gasteiger partial charge on any atom is 0.471 e. The van der Waals surface area contributed by atoms with Crippen molar-refractivity contribution in [2.45, 2.75) is 24.7 Å². The smallest absolute Gasteiger partial charge is 0.471 e. The standard InChI is InChI=1S/C8H11F3N2O3/c1-2-3-4(5(12)6(14)15)13-7(16)8(9,10)11/h2,4-5H,1,3,12H2,(H,13,16)(H,14,15)/t4?,5-/m0/s1. The molecule has 8 heteroatoms. The molecule has 0 aromatic rings. The lowest BCUT2D eigenvalue weighted by Crippen LogP contribution is -2.54. The molecule has 0 aromatic carbocycles. The van der Waals surface area contributed by atoms with E-state index in [0.29, 0.717) is 0 Å². The molecule has 2 atom stereocenters. The van der Waals surface area contributed by atoms with Crippen molar-refractivity contribution in [2.24, 2.45) is 5.73 Å². The molecule has 0 radical (unpaired) electrons. The Balaban J connectivity index is 4.63. The highest BCUT2D eigenvalue weighted by Gasteiger charge is 2.41. The van der Waals surface area contributed by atoms with Crippen LogP contribution in [0.1, 0.15) is 6.42 Å². The molecule has 0 aliphatic rings. The fraction of sp³-hybridized carbons (Fsp3) is 0.500. The highest BCUT2D eigenvalue weighted by Crippen LogP contribution is 2.15. The highest BCUT2D eigenvalue weighted by molar-refractivity contribution is 5.83. The summed E-state index contributed by atoms with van der Waals surface area (Å²) < 4.78 is 35.7. The number of nitrogens with one attached hydrogen (secondary N) is 1. The quantitative estimate of drug-likeness (QED) is 0.591. The van der Waals surface area contributed by atoms with Crippen molar-refractivity contribution >= 4 is 11.9 Å². The van der Waals surface area contributed by atoms with Crippen LogP contribution in [-0.2, 0) is 9.59 Å². The normalized spacial score (nSPS) is 15.0. The fourth-order valence-electron chi connectivity index (χ4n) is 0.897. The molecule has 0 heterocycles. The molecule has 16 heavy (non-hydrogen) atoms. The summed E-state index contributed by atoms with van der Waals surface area (Å²) in [5.41, 5.74) is 5.11. The van der Waals surface area contributed by atoms with Crippen LogP contribution >= 0.6 is 0 Å². The lowest BCUT2D eigenvalue weighted by atomic mass is 10.1. The average Bonchev–Trinajstić information content (AvgIpc) is 2.14. The van der Waals surface area contributed by atoms with Crippen LogP contribution in [0.15, 0.2) is 12.7 Å². The fourth-order valence-corrected chi connectivity index (χ4v) is 0.897. The molecular formula is C8H11F3N2O3. The predicted molar refractivity (Wildman–Crippen MR) is 48.4 cm³/mol. The SMILES string of the molecule is C=CCC(NC(=O)C(F)(F)F)[C@H](N)C(=O)O. The van der Waals surface area contributed by atoms with Gasteiger partial charge in [-0.25, -0.2) is 0 Å². The second kappa shape index (κ2) is 5.50. The van der Waals surface area contributed by atoms with Crippen molar-refractivity contribution in [2.75, 3.05) is 0 Å². The molecule has 0 bridgehead atoms. The Labute approximate surface area is 89.1 Å². The van der Waals surface area contributed by atoms with Crippen LogP contribution in [0.5, 0.6) is 0 Å². The van der Waals surface area contributed by atoms with Crippen LogP contribution in [0.3, 0.4) is 0 Å². The third-order valence-corrected chi connectivity index (χ3v) is 1.71. The zero-order chi connectivity index (χ0) is 12.9. The van der Waals surface area contributed by atoms with Crippen molar-refractivity contribution in [3.05, 3.63) is 12.7 Å². The van der Waals surface area contributed by atoms with Crippen molar-refractivity contribution in [3.63, 3.8) is 0 Å². The highest BCUT2D eigenvalue weighted by atomic mass is 19.4. The van der Waals surface area contributed by atoms with Gasteiger partial charge in [0.15, 0.2) is 0 Å². The molecule has 0 aliphatic carbocycles. The van der Waals surface area contributed by atoms with Gasteiger partial charge >= 0.3 is 18.1 Å². The number of nitrogens with two attached hydrogens (primary N) is 1. The molecule has 0 aromatic heterocycles. The summed E-state index contributed by atoms with van der Waals surface area (Å²) in [5.74, 6) is -3.73. The molecule has 92 valence electrons. The number of rotatable bonds is 5. The lowest BCUT2D eigenvalue weighted by molar-refractivity contribution is -0.174. The van der Waals surface area contributed by atoms with Crippen molar-refractivity contribution in [1.29, 1.82) is 0 Å². The van der Waals surface area contributed by atoms with Crippen LogP contribution in [0.2, 0.25) is 0 Å². The Hall–Kier alpha value is -1.57. The van der Waals surface area contributed by atoms with E-state index in [0.717, 1.165) is 0 Å². The number of amides is 1. The van der Waals surface area contributed by atoms with Gasteiger partial charge in [-0.2, -0.15) is 13.2 Å². The summed E-state index contributed by atoms with van der Waals surface area (Å²) in [7, 11) is 0. The van der Waals surface area contributed by atoms with Gasteiger partial charge in [0.1, 0.15) is 6.04 Å². The lowest BCUT2D eigenvalue weighted by Gasteiger charge is -2.21. The van der Waals surface area contributed by atoms with Crippen LogP contribution in [-0.4, -0.2) is 35.2 Å². The molecule has 1 unspecified atom stereocenters.